The Balaban J connectivity index is 1.54. The zero-order valence-corrected chi connectivity index (χ0v) is 16.8. The SMILES string of the molecule is CC(C)(O)CNC1CC[C@H]2[C@@H]3CCC4NC(=O)C=C[C@]4(C)[C@@H]3CC[C@]12C. The third kappa shape index (κ3) is 2.84. The van der Waals surface area contributed by atoms with E-state index in [-0.39, 0.29) is 11.3 Å². The fraction of sp³-hybridized carbons (Fsp3) is 0.864. The van der Waals surface area contributed by atoms with Crippen molar-refractivity contribution in [3.05, 3.63) is 12.2 Å². The van der Waals surface area contributed by atoms with Gasteiger partial charge >= 0.3 is 0 Å². The lowest BCUT2D eigenvalue weighted by molar-refractivity contribution is -0.122. The summed E-state index contributed by atoms with van der Waals surface area (Å²) in [6.45, 7) is 9.32. The minimum absolute atomic E-state index is 0.0864. The predicted octanol–water partition coefficient (Wildman–Crippen LogP) is 3.01. The van der Waals surface area contributed by atoms with E-state index >= 15 is 0 Å². The molecule has 2 unspecified atom stereocenters. The van der Waals surface area contributed by atoms with Crippen molar-refractivity contribution in [2.45, 2.75) is 83.9 Å². The monoisotopic (exact) mass is 360 g/mol. The molecule has 0 radical (unpaired) electrons. The van der Waals surface area contributed by atoms with E-state index in [4.69, 9.17) is 0 Å². The number of hydrogen-bond acceptors (Lipinski definition) is 3. The van der Waals surface area contributed by atoms with Gasteiger partial charge in [-0.3, -0.25) is 4.79 Å². The molecule has 3 aliphatic carbocycles. The normalized spacial score (nSPS) is 47.7. The number of aliphatic hydroxyl groups is 1. The topological polar surface area (TPSA) is 61.4 Å². The molecule has 7 atom stereocenters. The van der Waals surface area contributed by atoms with E-state index in [2.05, 4.69) is 30.6 Å². The molecule has 0 spiro atoms. The van der Waals surface area contributed by atoms with Crippen molar-refractivity contribution < 1.29 is 9.90 Å². The Morgan fingerprint density at radius 1 is 1.19 bits per heavy atom. The van der Waals surface area contributed by atoms with Crippen LogP contribution in [-0.2, 0) is 4.79 Å². The minimum atomic E-state index is -0.651. The van der Waals surface area contributed by atoms with Crippen LogP contribution in [0.1, 0.15) is 66.2 Å². The summed E-state index contributed by atoms with van der Waals surface area (Å²) in [5.41, 5.74) is -0.184. The highest BCUT2D eigenvalue weighted by Gasteiger charge is 2.59. The maximum absolute atomic E-state index is 11.8. The van der Waals surface area contributed by atoms with Crippen molar-refractivity contribution in [3.8, 4) is 0 Å². The molecule has 0 saturated heterocycles. The average Bonchev–Trinajstić information content (AvgIpc) is 2.89. The molecule has 4 rings (SSSR count). The number of fused-ring (bicyclic) bond motifs is 5. The van der Waals surface area contributed by atoms with Crippen LogP contribution >= 0.6 is 0 Å². The summed E-state index contributed by atoms with van der Waals surface area (Å²) in [5.74, 6) is 2.31. The van der Waals surface area contributed by atoms with Crippen LogP contribution in [0.5, 0.6) is 0 Å². The van der Waals surface area contributed by atoms with Gasteiger partial charge in [-0.1, -0.05) is 19.9 Å². The Hall–Kier alpha value is -0.870. The molecule has 0 bridgehead atoms. The quantitative estimate of drug-likeness (QED) is 0.725. The molecule has 4 aliphatic rings. The van der Waals surface area contributed by atoms with E-state index in [0.717, 1.165) is 18.3 Å². The van der Waals surface area contributed by atoms with Crippen LogP contribution in [0.25, 0.3) is 0 Å². The largest absolute Gasteiger partial charge is 0.389 e. The molecule has 4 nitrogen and oxygen atoms in total. The Morgan fingerprint density at radius 2 is 1.96 bits per heavy atom. The third-order valence-electron chi connectivity index (χ3n) is 8.47. The zero-order valence-electron chi connectivity index (χ0n) is 16.8. The van der Waals surface area contributed by atoms with E-state index in [1.807, 2.05) is 13.8 Å². The molecule has 0 aromatic heterocycles. The van der Waals surface area contributed by atoms with Crippen molar-refractivity contribution in [3.63, 3.8) is 0 Å². The van der Waals surface area contributed by atoms with Crippen molar-refractivity contribution in [2.75, 3.05) is 6.54 Å². The molecule has 26 heavy (non-hydrogen) atoms. The van der Waals surface area contributed by atoms with Crippen LogP contribution in [0.4, 0.5) is 0 Å². The Kier molecular flexibility index (Phi) is 4.31. The van der Waals surface area contributed by atoms with Gasteiger partial charge in [0.15, 0.2) is 0 Å². The maximum atomic E-state index is 11.8. The van der Waals surface area contributed by atoms with Crippen molar-refractivity contribution in [2.24, 2.45) is 28.6 Å². The second kappa shape index (κ2) is 6.07. The van der Waals surface area contributed by atoms with Gasteiger partial charge in [-0.25, -0.2) is 0 Å². The fourth-order valence-electron chi connectivity index (χ4n) is 7.04. The molecule has 3 fully saturated rings. The first-order valence-corrected chi connectivity index (χ1v) is 10.6. The summed E-state index contributed by atoms with van der Waals surface area (Å²) < 4.78 is 0. The van der Waals surface area contributed by atoms with Crippen molar-refractivity contribution in [1.82, 2.24) is 10.6 Å². The Morgan fingerprint density at radius 3 is 2.69 bits per heavy atom. The Labute approximate surface area is 158 Å². The summed E-state index contributed by atoms with van der Waals surface area (Å²) in [6, 6.07) is 0.836. The van der Waals surface area contributed by atoms with Crippen LogP contribution in [0.15, 0.2) is 12.2 Å². The summed E-state index contributed by atoms with van der Waals surface area (Å²) in [4.78, 5) is 11.8. The standard InChI is InChI=1S/C22H36N2O2/c1-20(2,26)13-23-17-8-6-15-14-5-7-18-22(4,12-10-19(25)24-18)16(14)9-11-21(15,17)3/h10,12,14-18,23,26H,5-9,11,13H2,1-4H3,(H,24,25)/t14-,15-,16+,17?,18?,21-,22+/m0/s1. The molecule has 0 aromatic carbocycles. The third-order valence-corrected chi connectivity index (χ3v) is 8.47. The first-order valence-electron chi connectivity index (χ1n) is 10.6. The summed E-state index contributed by atoms with van der Waals surface area (Å²) in [6.07, 6.45) is 11.4. The molecule has 0 aromatic rings. The number of rotatable bonds is 3. The average molecular weight is 361 g/mol. The van der Waals surface area contributed by atoms with Gasteiger partial charge in [0.05, 0.1) is 5.60 Å². The lowest BCUT2D eigenvalue weighted by atomic mass is 9.48. The smallest absolute Gasteiger partial charge is 0.243 e. The molecule has 1 heterocycles. The summed E-state index contributed by atoms with van der Waals surface area (Å²) in [7, 11) is 0. The van der Waals surface area contributed by atoms with Crippen LogP contribution in [0.3, 0.4) is 0 Å². The lowest BCUT2D eigenvalue weighted by Gasteiger charge is -2.59. The highest BCUT2D eigenvalue weighted by Crippen LogP contribution is 2.63. The molecule has 146 valence electrons. The molecule has 1 amide bonds. The molecular formula is C22H36N2O2. The van der Waals surface area contributed by atoms with Crippen LogP contribution < -0.4 is 10.6 Å². The van der Waals surface area contributed by atoms with Crippen LogP contribution in [-0.4, -0.2) is 35.2 Å². The molecule has 3 saturated carbocycles. The van der Waals surface area contributed by atoms with Gasteiger partial charge in [-0.05, 0) is 81.6 Å². The summed E-state index contributed by atoms with van der Waals surface area (Å²) in [5, 5.41) is 17.1. The molecule has 3 N–H and O–H groups in total. The highest BCUT2D eigenvalue weighted by atomic mass is 16.3. The van der Waals surface area contributed by atoms with Crippen molar-refractivity contribution in [1.29, 1.82) is 0 Å². The van der Waals surface area contributed by atoms with Gasteiger partial charge in [0.25, 0.3) is 0 Å². The maximum Gasteiger partial charge on any atom is 0.243 e. The van der Waals surface area contributed by atoms with Gasteiger partial charge in [0.1, 0.15) is 0 Å². The number of carbonyl (C=O) groups excluding carboxylic acids is 1. The van der Waals surface area contributed by atoms with Crippen LogP contribution in [0.2, 0.25) is 0 Å². The molecule has 1 aliphatic heterocycles. The summed E-state index contributed by atoms with van der Waals surface area (Å²) >= 11 is 0. The lowest BCUT2D eigenvalue weighted by Crippen LogP contribution is -2.60. The number of amides is 1. The number of carbonyl (C=O) groups is 1. The van der Waals surface area contributed by atoms with Crippen LogP contribution in [0, 0.1) is 28.6 Å². The van der Waals surface area contributed by atoms with E-state index in [9.17, 15) is 9.90 Å². The fourth-order valence-corrected chi connectivity index (χ4v) is 7.04. The molecular weight excluding hydrogens is 324 g/mol. The number of hydrogen-bond donors (Lipinski definition) is 3. The van der Waals surface area contributed by atoms with E-state index in [0.29, 0.717) is 30.0 Å². The van der Waals surface area contributed by atoms with Crippen molar-refractivity contribution >= 4 is 5.91 Å². The minimum Gasteiger partial charge on any atom is -0.389 e. The zero-order chi connectivity index (χ0) is 18.7. The highest BCUT2D eigenvalue weighted by molar-refractivity contribution is 5.89. The van der Waals surface area contributed by atoms with Gasteiger partial charge in [-0.15, -0.1) is 0 Å². The van der Waals surface area contributed by atoms with Gasteiger partial charge in [0, 0.05) is 24.0 Å². The second-order valence-corrected chi connectivity index (χ2v) is 10.6. The molecule has 4 heteroatoms. The Bertz CT molecular complexity index is 610. The van der Waals surface area contributed by atoms with Gasteiger partial charge < -0.3 is 15.7 Å². The van der Waals surface area contributed by atoms with E-state index in [1.54, 1.807) is 6.08 Å². The van der Waals surface area contributed by atoms with Gasteiger partial charge in [0.2, 0.25) is 5.91 Å². The predicted molar refractivity (Wildman–Crippen MR) is 104 cm³/mol. The van der Waals surface area contributed by atoms with E-state index < -0.39 is 5.60 Å². The first kappa shape index (κ1) is 18.5. The first-order chi connectivity index (χ1) is 12.1. The number of nitrogens with one attached hydrogen (secondary N) is 2. The van der Waals surface area contributed by atoms with E-state index in [1.165, 1.54) is 32.1 Å². The van der Waals surface area contributed by atoms with Gasteiger partial charge in [-0.2, -0.15) is 0 Å². The second-order valence-electron chi connectivity index (χ2n) is 10.6.